The molecule has 0 amide bonds. The molecule has 0 spiro atoms. The lowest BCUT2D eigenvalue weighted by Gasteiger charge is -2.20. The van der Waals surface area contributed by atoms with Crippen LogP contribution in [0.4, 0.5) is 11.4 Å². The summed E-state index contributed by atoms with van der Waals surface area (Å²) < 4.78 is 23.7. The van der Waals surface area contributed by atoms with Crippen molar-refractivity contribution in [3.8, 4) is 0 Å². The molecule has 0 radical (unpaired) electrons. The summed E-state index contributed by atoms with van der Waals surface area (Å²) in [6.45, 7) is 0.429. The molecule has 1 heterocycles. The van der Waals surface area contributed by atoms with Gasteiger partial charge in [-0.25, -0.2) is 13.4 Å². The Morgan fingerprint density at radius 3 is 2.67 bits per heavy atom. The average molecular weight is 327 g/mol. The predicted molar refractivity (Wildman–Crippen MR) is 80.4 cm³/mol. The minimum atomic E-state index is -3.58. The van der Waals surface area contributed by atoms with Gasteiger partial charge in [-0.05, 0) is 6.07 Å². The van der Waals surface area contributed by atoms with Gasteiger partial charge in [0.2, 0.25) is 0 Å². The van der Waals surface area contributed by atoms with Crippen LogP contribution in [-0.2, 0) is 16.4 Å². The maximum Gasteiger partial charge on any atom is 0.270 e. The van der Waals surface area contributed by atoms with E-state index in [9.17, 15) is 18.5 Å². The molecule has 9 heteroatoms. The molecule has 0 aliphatic carbocycles. The van der Waals surface area contributed by atoms with Gasteiger partial charge >= 0.3 is 0 Å². The van der Waals surface area contributed by atoms with Crippen LogP contribution < -0.4 is 4.90 Å². The van der Waals surface area contributed by atoms with Gasteiger partial charge in [-0.15, -0.1) is 11.3 Å². The van der Waals surface area contributed by atoms with Crippen molar-refractivity contribution in [2.24, 2.45) is 0 Å². The summed E-state index contributed by atoms with van der Waals surface area (Å²) in [6, 6.07) is 3.83. The number of hydrogen-bond acceptors (Lipinski definition) is 7. The number of non-ortho nitro benzene ring substituents is 1. The molecule has 7 nitrogen and oxygen atoms in total. The Balaban J connectivity index is 2.45. The molecule has 112 valence electrons. The molecule has 0 fully saturated rings. The molecule has 0 aliphatic heterocycles. The smallest absolute Gasteiger partial charge is 0.270 e. The maximum atomic E-state index is 11.9. The lowest BCUT2D eigenvalue weighted by molar-refractivity contribution is -0.385. The molecule has 0 atom stereocenters. The van der Waals surface area contributed by atoms with Gasteiger partial charge in [0.25, 0.3) is 5.69 Å². The van der Waals surface area contributed by atoms with Crippen molar-refractivity contribution in [3.05, 3.63) is 44.9 Å². The van der Waals surface area contributed by atoms with Gasteiger partial charge < -0.3 is 4.90 Å². The van der Waals surface area contributed by atoms with Crippen LogP contribution >= 0.6 is 11.3 Å². The lowest BCUT2D eigenvalue weighted by atomic mass is 10.2. The van der Waals surface area contributed by atoms with Crippen molar-refractivity contribution >= 4 is 32.5 Å². The standard InChI is InChI=1S/C12H13N3O4S2/c1-14(8-12-13-5-6-20-12)10-4-3-9(15(16)17)7-11(10)21(2,18)19/h3-7H,8H2,1-2H3. The Morgan fingerprint density at radius 2 is 2.14 bits per heavy atom. The third-order valence-electron chi connectivity index (χ3n) is 2.82. The minimum absolute atomic E-state index is 0.0595. The molecule has 0 saturated carbocycles. The van der Waals surface area contributed by atoms with E-state index < -0.39 is 14.8 Å². The first kappa shape index (κ1) is 15.4. The number of benzene rings is 1. The fourth-order valence-corrected chi connectivity index (χ4v) is 3.46. The molecular formula is C12H13N3O4S2. The largest absolute Gasteiger partial charge is 0.367 e. The zero-order valence-corrected chi connectivity index (χ0v) is 13.0. The highest BCUT2D eigenvalue weighted by Crippen LogP contribution is 2.29. The van der Waals surface area contributed by atoms with Crippen molar-refractivity contribution in [1.82, 2.24) is 4.98 Å². The first-order chi connectivity index (χ1) is 9.79. The predicted octanol–water partition coefficient (Wildman–Crippen LogP) is 2.09. The second kappa shape index (κ2) is 5.78. The van der Waals surface area contributed by atoms with Crippen molar-refractivity contribution in [2.45, 2.75) is 11.4 Å². The summed E-state index contributed by atoms with van der Waals surface area (Å²) in [5.41, 5.74) is 0.167. The number of rotatable bonds is 5. The van der Waals surface area contributed by atoms with Gasteiger partial charge in [-0.3, -0.25) is 10.1 Å². The number of aromatic nitrogens is 1. The highest BCUT2D eigenvalue weighted by molar-refractivity contribution is 7.90. The molecule has 0 unspecified atom stereocenters. The molecule has 0 bridgehead atoms. The lowest BCUT2D eigenvalue weighted by Crippen LogP contribution is -2.19. The molecule has 0 N–H and O–H groups in total. The first-order valence-electron chi connectivity index (χ1n) is 5.87. The molecular weight excluding hydrogens is 314 g/mol. The second-order valence-corrected chi connectivity index (χ2v) is 7.43. The fourth-order valence-electron chi connectivity index (χ4n) is 1.85. The molecule has 21 heavy (non-hydrogen) atoms. The van der Waals surface area contributed by atoms with Gasteiger partial charge in [-0.1, -0.05) is 0 Å². The summed E-state index contributed by atoms with van der Waals surface area (Å²) in [5, 5.41) is 13.5. The monoisotopic (exact) mass is 327 g/mol. The van der Waals surface area contributed by atoms with Gasteiger partial charge in [0.05, 0.1) is 22.1 Å². The normalized spacial score (nSPS) is 11.3. The van der Waals surface area contributed by atoms with Crippen molar-refractivity contribution in [3.63, 3.8) is 0 Å². The van der Waals surface area contributed by atoms with Gasteiger partial charge in [0, 0.05) is 37.0 Å². The van der Waals surface area contributed by atoms with Crippen LogP contribution in [0.15, 0.2) is 34.7 Å². The third-order valence-corrected chi connectivity index (χ3v) is 4.71. The van der Waals surface area contributed by atoms with Crippen LogP contribution in [0.2, 0.25) is 0 Å². The zero-order chi connectivity index (χ0) is 15.6. The van der Waals surface area contributed by atoms with E-state index >= 15 is 0 Å². The Morgan fingerprint density at radius 1 is 1.43 bits per heavy atom. The number of sulfone groups is 1. The molecule has 0 aliphatic rings. The first-order valence-corrected chi connectivity index (χ1v) is 8.64. The summed E-state index contributed by atoms with van der Waals surface area (Å²) in [7, 11) is -1.86. The SMILES string of the molecule is CN(Cc1nccs1)c1ccc([N+](=O)[O-])cc1S(C)(=O)=O. The van der Waals surface area contributed by atoms with Crippen molar-refractivity contribution in [1.29, 1.82) is 0 Å². The summed E-state index contributed by atoms with van der Waals surface area (Å²) in [5.74, 6) is 0. The fraction of sp³-hybridized carbons (Fsp3) is 0.250. The van der Waals surface area contributed by atoms with E-state index in [2.05, 4.69) is 4.98 Å². The molecule has 1 aromatic carbocycles. The second-order valence-electron chi connectivity index (χ2n) is 4.46. The molecule has 0 saturated heterocycles. The minimum Gasteiger partial charge on any atom is -0.367 e. The quantitative estimate of drug-likeness (QED) is 0.616. The van der Waals surface area contributed by atoms with E-state index in [0.29, 0.717) is 12.2 Å². The van der Waals surface area contributed by atoms with E-state index in [4.69, 9.17) is 0 Å². The summed E-state index contributed by atoms with van der Waals surface area (Å²) in [6.07, 6.45) is 2.70. The van der Waals surface area contributed by atoms with Crippen LogP contribution in [0.25, 0.3) is 0 Å². The third kappa shape index (κ3) is 3.56. The van der Waals surface area contributed by atoms with Crippen LogP contribution in [0, 0.1) is 10.1 Å². The van der Waals surface area contributed by atoms with E-state index in [1.807, 2.05) is 5.38 Å². The van der Waals surface area contributed by atoms with Gasteiger partial charge in [0.15, 0.2) is 9.84 Å². The average Bonchev–Trinajstić information content (AvgIpc) is 2.89. The topological polar surface area (TPSA) is 93.4 Å². The summed E-state index contributed by atoms with van der Waals surface area (Å²) in [4.78, 5) is 16.0. The van der Waals surface area contributed by atoms with Crippen molar-refractivity contribution < 1.29 is 13.3 Å². The van der Waals surface area contributed by atoms with Crippen LogP contribution in [0.3, 0.4) is 0 Å². The molecule has 2 aromatic rings. The Bertz CT molecular complexity index is 757. The zero-order valence-electron chi connectivity index (χ0n) is 11.4. The van der Waals surface area contributed by atoms with E-state index in [1.54, 1.807) is 18.1 Å². The van der Waals surface area contributed by atoms with Crippen molar-refractivity contribution in [2.75, 3.05) is 18.2 Å². The Kier molecular flexibility index (Phi) is 4.24. The van der Waals surface area contributed by atoms with E-state index in [1.165, 1.54) is 23.5 Å². The Hall–Kier alpha value is -2.00. The molecule has 1 aromatic heterocycles. The molecule has 2 rings (SSSR count). The number of thiazole rings is 1. The summed E-state index contributed by atoms with van der Waals surface area (Å²) >= 11 is 1.46. The van der Waals surface area contributed by atoms with Crippen LogP contribution in [-0.4, -0.2) is 31.6 Å². The highest BCUT2D eigenvalue weighted by atomic mass is 32.2. The van der Waals surface area contributed by atoms with Crippen LogP contribution in [0.5, 0.6) is 0 Å². The van der Waals surface area contributed by atoms with Gasteiger partial charge in [0.1, 0.15) is 5.01 Å². The number of nitro benzene ring substituents is 1. The maximum absolute atomic E-state index is 11.9. The number of anilines is 1. The number of nitro groups is 1. The highest BCUT2D eigenvalue weighted by Gasteiger charge is 2.21. The van der Waals surface area contributed by atoms with E-state index in [0.717, 1.165) is 17.3 Å². The Labute approximate surface area is 125 Å². The number of hydrogen-bond donors (Lipinski definition) is 0. The van der Waals surface area contributed by atoms with Gasteiger partial charge in [-0.2, -0.15) is 0 Å². The van der Waals surface area contributed by atoms with Crippen LogP contribution in [0.1, 0.15) is 5.01 Å². The number of nitrogens with zero attached hydrogens (tertiary/aromatic N) is 3. The van der Waals surface area contributed by atoms with E-state index in [-0.39, 0.29) is 10.6 Å².